The Hall–Kier alpha value is -2.63. The molecule has 3 rings (SSSR count). The minimum Gasteiger partial charge on any atom is -0.475 e. The van der Waals surface area contributed by atoms with Crippen LogP contribution >= 0.6 is 11.6 Å². The van der Waals surface area contributed by atoms with Gasteiger partial charge in [0.2, 0.25) is 5.95 Å². The highest BCUT2D eigenvalue weighted by molar-refractivity contribution is 6.30. The number of rotatable bonds is 5. The lowest BCUT2D eigenvalue weighted by molar-refractivity contribution is -0.192. The molecule has 0 spiro atoms. The molecule has 0 bridgehead atoms. The van der Waals surface area contributed by atoms with Crippen molar-refractivity contribution in [1.82, 2.24) is 15.3 Å². The molecule has 0 radical (unpaired) electrons. The van der Waals surface area contributed by atoms with Crippen LogP contribution in [-0.4, -0.2) is 59.6 Å². The molecule has 29 heavy (non-hydrogen) atoms. The Morgan fingerprint density at radius 2 is 2.14 bits per heavy atom. The number of aliphatic carboxylic acids is 1. The van der Waals surface area contributed by atoms with E-state index in [4.69, 9.17) is 26.2 Å². The van der Waals surface area contributed by atoms with Crippen LogP contribution in [-0.2, 0) is 9.53 Å². The summed E-state index contributed by atoms with van der Waals surface area (Å²) in [6.07, 6.45) is -3.21. The second-order valence-corrected chi connectivity index (χ2v) is 6.22. The number of hydrogen-bond acceptors (Lipinski definition) is 7. The SMILES string of the molecule is Clc1cccc(Nc2nccc(NCC3CNCCO3)n2)c1.O=C(O)C(F)(F)F. The summed E-state index contributed by atoms with van der Waals surface area (Å²) in [5.41, 5.74) is 0.851. The number of carboxylic acids is 1. The number of carboxylic acid groups (broad SMARTS) is 1. The van der Waals surface area contributed by atoms with Crippen LogP contribution in [0.2, 0.25) is 5.02 Å². The first-order valence-electron chi connectivity index (χ1n) is 8.46. The molecule has 1 unspecified atom stereocenters. The molecule has 12 heteroatoms. The molecular formula is C17H19ClF3N5O3. The van der Waals surface area contributed by atoms with Gasteiger partial charge in [-0.2, -0.15) is 18.2 Å². The van der Waals surface area contributed by atoms with Crippen molar-refractivity contribution in [2.75, 3.05) is 36.9 Å². The van der Waals surface area contributed by atoms with Crippen molar-refractivity contribution in [3.63, 3.8) is 0 Å². The van der Waals surface area contributed by atoms with Gasteiger partial charge in [-0.15, -0.1) is 0 Å². The number of carbonyl (C=O) groups is 1. The standard InChI is InChI=1S/C15H18ClN5O.C2HF3O2/c16-11-2-1-3-12(8-11)20-15-18-5-4-14(21-15)19-10-13-9-17-6-7-22-13;3-2(4,5)1(6)7/h1-5,8,13,17H,6-7,9-10H2,(H2,18,19,20,21);(H,6,7). The fourth-order valence-electron chi connectivity index (χ4n) is 2.18. The number of nitrogens with one attached hydrogen (secondary N) is 3. The maximum Gasteiger partial charge on any atom is 0.490 e. The Morgan fingerprint density at radius 3 is 2.76 bits per heavy atom. The summed E-state index contributed by atoms with van der Waals surface area (Å²) < 4.78 is 37.4. The predicted octanol–water partition coefficient (Wildman–Crippen LogP) is 2.91. The number of alkyl halides is 3. The van der Waals surface area contributed by atoms with E-state index in [0.717, 1.165) is 31.2 Å². The number of nitrogens with zero attached hydrogens (tertiary/aromatic N) is 2. The molecule has 1 aliphatic heterocycles. The zero-order chi connectivity index (χ0) is 21.3. The van der Waals surface area contributed by atoms with Gasteiger partial charge >= 0.3 is 12.1 Å². The molecule has 1 aliphatic rings. The van der Waals surface area contributed by atoms with Gasteiger partial charge in [-0.05, 0) is 24.3 Å². The lowest BCUT2D eigenvalue weighted by atomic mass is 10.3. The number of aromatic nitrogens is 2. The molecule has 4 N–H and O–H groups in total. The normalized spacial score (nSPS) is 16.3. The van der Waals surface area contributed by atoms with Crippen LogP contribution in [0.15, 0.2) is 36.5 Å². The monoisotopic (exact) mass is 433 g/mol. The highest BCUT2D eigenvalue weighted by atomic mass is 35.5. The van der Waals surface area contributed by atoms with Crippen LogP contribution < -0.4 is 16.0 Å². The molecule has 1 aromatic carbocycles. The Balaban J connectivity index is 0.000000370. The molecule has 1 aromatic heterocycles. The van der Waals surface area contributed by atoms with Crippen LogP contribution in [0.4, 0.5) is 30.6 Å². The summed E-state index contributed by atoms with van der Waals surface area (Å²) in [6.45, 7) is 3.22. The lowest BCUT2D eigenvalue weighted by Gasteiger charge is -2.23. The second-order valence-electron chi connectivity index (χ2n) is 5.78. The Bertz CT molecular complexity index is 804. The molecule has 0 aliphatic carbocycles. The van der Waals surface area contributed by atoms with Crippen LogP contribution in [0, 0.1) is 0 Å². The third-order valence-corrected chi connectivity index (χ3v) is 3.73. The average molecular weight is 434 g/mol. The van der Waals surface area contributed by atoms with Crippen LogP contribution in [0.1, 0.15) is 0 Å². The zero-order valence-electron chi connectivity index (χ0n) is 15.0. The summed E-state index contributed by atoms with van der Waals surface area (Å²) in [4.78, 5) is 17.5. The number of benzene rings is 1. The van der Waals surface area contributed by atoms with E-state index in [1.807, 2.05) is 30.3 Å². The number of hydrogen-bond donors (Lipinski definition) is 4. The largest absolute Gasteiger partial charge is 0.490 e. The highest BCUT2D eigenvalue weighted by Gasteiger charge is 2.38. The van der Waals surface area contributed by atoms with Gasteiger partial charge in [0.05, 0.1) is 12.7 Å². The predicted molar refractivity (Wildman–Crippen MR) is 102 cm³/mol. The van der Waals surface area contributed by atoms with E-state index >= 15 is 0 Å². The van der Waals surface area contributed by atoms with E-state index in [1.54, 1.807) is 6.20 Å². The molecule has 1 fully saturated rings. The van der Waals surface area contributed by atoms with Gasteiger partial charge in [0.1, 0.15) is 5.82 Å². The second kappa shape index (κ2) is 10.8. The van der Waals surface area contributed by atoms with Crippen molar-refractivity contribution in [1.29, 1.82) is 0 Å². The molecule has 2 heterocycles. The van der Waals surface area contributed by atoms with E-state index < -0.39 is 12.1 Å². The molecule has 158 valence electrons. The zero-order valence-corrected chi connectivity index (χ0v) is 15.8. The number of anilines is 3. The van der Waals surface area contributed by atoms with Crippen molar-refractivity contribution in [2.24, 2.45) is 0 Å². The van der Waals surface area contributed by atoms with Crippen LogP contribution in [0.25, 0.3) is 0 Å². The van der Waals surface area contributed by atoms with E-state index in [0.29, 0.717) is 17.5 Å². The van der Waals surface area contributed by atoms with Gasteiger partial charge in [0, 0.05) is 36.5 Å². The van der Waals surface area contributed by atoms with Crippen molar-refractivity contribution < 1.29 is 27.8 Å². The van der Waals surface area contributed by atoms with Gasteiger partial charge in [-0.3, -0.25) is 0 Å². The van der Waals surface area contributed by atoms with E-state index in [1.165, 1.54) is 0 Å². The Morgan fingerprint density at radius 1 is 1.38 bits per heavy atom. The molecular weight excluding hydrogens is 415 g/mol. The summed E-state index contributed by atoms with van der Waals surface area (Å²) in [6, 6.07) is 9.27. The number of ether oxygens (including phenoxy) is 1. The smallest absolute Gasteiger partial charge is 0.475 e. The van der Waals surface area contributed by atoms with E-state index in [2.05, 4.69) is 25.9 Å². The third-order valence-electron chi connectivity index (χ3n) is 3.49. The highest BCUT2D eigenvalue weighted by Crippen LogP contribution is 2.18. The molecule has 1 atom stereocenters. The van der Waals surface area contributed by atoms with Gasteiger partial charge in [-0.1, -0.05) is 17.7 Å². The molecule has 2 aromatic rings. The summed E-state index contributed by atoms with van der Waals surface area (Å²) in [5, 5.41) is 17.5. The topological polar surface area (TPSA) is 108 Å². The van der Waals surface area contributed by atoms with Gasteiger partial charge in [0.25, 0.3) is 0 Å². The molecule has 1 saturated heterocycles. The lowest BCUT2D eigenvalue weighted by Crippen LogP contribution is -2.42. The van der Waals surface area contributed by atoms with Gasteiger partial charge in [-0.25, -0.2) is 9.78 Å². The average Bonchev–Trinajstić information content (AvgIpc) is 2.67. The first-order valence-corrected chi connectivity index (χ1v) is 8.84. The maximum atomic E-state index is 10.6. The maximum absolute atomic E-state index is 10.6. The Kier molecular flexibility index (Phi) is 8.43. The minimum absolute atomic E-state index is 0.160. The number of morpholine rings is 1. The summed E-state index contributed by atoms with van der Waals surface area (Å²) in [5.74, 6) is -1.48. The molecule has 0 amide bonds. The molecule has 8 nitrogen and oxygen atoms in total. The third kappa shape index (κ3) is 8.50. The van der Waals surface area contributed by atoms with Gasteiger partial charge < -0.3 is 25.8 Å². The van der Waals surface area contributed by atoms with Crippen molar-refractivity contribution >= 4 is 35.0 Å². The quantitative estimate of drug-likeness (QED) is 0.570. The van der Waals surface area contributed by atoms with Crippen LogP contribution in [0.5, 0.6) is 0 Å². The summed E-state index contributed by atoms with van der Waals surface area (Å²) >= 11 is 5.97. The van der Waals surface area contributed by atoms with Crippen LogP contribution in [0.3, 0.4) is 0 Å². The minimum atomic E-state index is -5.08. The van der Waals surface area contributed by atoms with Crippen molar-refractivity contribution in [2.45, 2.75) is 12.3 Å². The van der Waals surface area contributed by atoms with Gasteiger partial charge in [0.15, 0.2) is 0 Å². The van der Waals surface area contributed by atoms with E-state index in [9.17, 15) is 13.2 Å². The van der Waals surface area contributed by atoms with Crippen molar-refractivity contribution in [3.8, 4) is 0 Å². The fraction of sp³-hybridized carbons (Fsp3) is 0.353. The first-order chi connectivity index (χ1) is 13.7. The molecule has 0 saturated carbocycles. The summed E-state index contributed by atoms with van der Waals surface area (Å²) in [7, 11) is 0. The van der Waals surface area contributed by atoms with Crippen molar-refractivity contribution in [3.05, 3.63) is 41.6 Å². The van der Waals surface area contributed by atoms with E-state index in [-0.39, 0.29) is 6.10 Å². The Labute approximate surface area is 169 Å². The fourth-order valence-corrected chi connectivity index (χ4v) is 2.37. The first kappa shape index (κ1) is 22.7. The number of halogens is 4.